The molecule has 1 aromatic heterocycles. The Morgan fingerprint density at radius 1 is 1.23 bits per heavy atom. The lowest BCUT2D eigenvalue weighted by Crippen LogP contribution is -2.39. The van der Waals surface area contributed by atoms with Gasteiger partial charge in [-0.2, -0.15) is 0 Å². The van der Waals surface area contributed by atoms with Crippen LogP contribution in [0.2, 0.25) is 0 Å². The molecule has 1 aliphatic rings. The maximum absolute atomic E-state index is 2.24. The number of rotatable bonds is 0. The van der Waals surface area contributed by atoms with Crippen molar-refractivity contribution in [1.82, 2.24) is 4.68 Å². The van der Waals surface area contributed by atoms with E-state index in [-0.39, 0.29) is 0 Å². The van der Waals surface area contributed by atoms with Gasteiger partial charge < -0.3 is 0 Å². The highest BCUT2D eigenvalue weighted by Gasteiger charge is 2.31. The van der Waals surface area contributed by atoms with Crippen molar-refractivity contribution < 1.29 is 4.68 Å². The van der Waals surface area contributed by atoms with Crippen LogP contribution in [0, 0.1) is 0 Å². The fourth-order valence-electron chi connectivity index (χ4n) is 2.07. The fraction of sp³-hybridized carbons (Fsp3) is 0.182. The van der Waals surface area contributed by atoms with Crippen LogP contribution in [0.25, 0.3) is 5.69 Å². The van der Waals surface area contributed by atoms with Crippen LogP contribution < -0.4 is 4.68 Å². The Hall–Kier alpha value is -1.57. The van der Waals surface area contributed by atoms with Crippen molar-refractivity contribution in [2.75, 3.05) is 0 Å². The number of benzene rings is 1. The summed E-state index contributed by atoms with van der Waals surface area (Å²) in [6.45, 7) is 2.22. The molecule has 13 heavy (non-hydrogen) atoms. The number of hydrogen-bond donors (Lipinski definition) is 0. The first kappa shape index (κ1) is 6.89. The van der Waals surface area contributed by atoms with Crippen LogP contribution in [-0.2, 0) is 0 Å². The highest BCUT2D eigenvalue weighted by atomic mass is 15.4. The molecule has 1 aliphatic heterocycles. The molecule has 1 atom stereocenters. The van der Waals surface area contributed by atoms with Gasteiger partial charge in [0.05, 0.1) is 11.8 Å². The molecule has 0 bridgehead atoms. The van der Waals surface area contributed by atoms with Gasteiger partial charge in [0, 0.05) is 13.0 Å². The summed E-state index contributed by atoms with van der Waals surface area (Å²) in [5.74, 6) is 0. The van der Waals surface area contributed by atoms with E-state index < -0.39 is 0 Å². The van der Waals surface area contributed by atoms with Crippen LogP contribution >= 0.6 is 0 Å². The quantitative estimate of drug-likeness (QED) is 0.533. The molecule has 2 heterocycles. The van der Waals surface area contributed by atoms with Crippen LogP contribution in [0.3, 0.4) is 0 Å². The number of aromatic nitrogens is 2. The van der Waals surface area contributed by atoms with Gasteiger partial charge in [0.2, 0.25) is 6.04 Å². The number of fused-ring (bicyclic) bond motifs is 3. The summed E-state index contributed by atoms with van der Waals surface area (Å²) in [4.78, 5) is 0. The Bertz CT molecular complexity index is 457. The van der Waals surface area contributed by atoms with Gasteiger partial charge in [-0.25, -0.2) is 0 Å². The van der Waals surface area contributed by atoms with Crippen molar-refractivity contribution in [2.24, 2.45) is 0 Å². The normalized spacial score (nSPS) is 18.4. The van der Waals surface area contributed by atoms with E-state index in [2.05, 4.69) is 59.0 Å². The van der Waals surface area contributed by atoms with E-state index >= 15 is 0 Å². The number of para-hydroxylation sites is 1. The van der Waals surface area contributed by atoms with Gasteiger partial charge in [-0.1, -0.05) is 12.1 Å². The summed E-state index contributed by atoms with van der Waals surface area (Å²) in [5.41, 5.74) is 2.71. The first-order chi connectivity index (χ1) is 6.38. The van der Waals surface area contributed by atoms with Crippen molar-refractivity contribution in [3.8, 4) is 5.69 Å². The molecular formula is C11H11N2+. The summed E-state index contributed by atoms with van der Waals surface area (Å²) in [7, 11) is 0. The Labute approximate surface area is 77.0 Å². The average Bonchev–Trinajstić information content (AvgIpc) is 2.72. The molecule has 0 aliphatic carbocycles. The first-order valence-corrected chi connectivity index (χ1v) is 4.56. The second-order valence-corrected chi connectivity index (χ2v) is 3.45. The Morgan fingerprint density at radius 2 is 2.08 bits per heavy atom. The molecule has 0 N–H and O–H groups in total. The number of hydrogen-bond acceptors (Lipinski definition) is 0. The molecule has 0 radical (unpaired) electrons. The molecule has 1 unspecified atom stereocenters. The summed E-state index contributed by atoms with van der Waals surface area (Å²) >= 11 is 0. The van der Waals surface area contributed by atoms with E-state index in [0.717, 1.165) is 0 Å². The van der Waals surface area contributed by atoms with E-state index in [0.29, 0.717) is 6.04 Å². The molecule has 0 saturated heterocycles. The highest BCUT2D eigenvalue weighted by molar-refractivity contribution is 5.42. The zero-order valence-electron chi connectivity index (χ0n) is 7.51. The molecule has 2 aromatic rings. The van der Waals surface area contributed by atoms with Gasteiger partial charge in [-0.05, 0) is 12.1 Å². The highest BCUT2D eigenvalue weighted by Crippen LogP contribution is 2.25. The average molecular weight is 171 g/mol. The Balaban J connectivity index is 2.37. The molecule has 0 amide bonds. The lowest BCUT2D eigenvalue weighted by Gasteiger charge is -1.94. The Morgan fingerprint density at radius 3 is 3.00 bits per heavy atom. The van der Waals surface area contributed by atoms with Gasteiger partial charge in [-0.15, -0.1) is 9.36 Å². The predicted molar refractivity (Wildman–Crippen MR) is 49.8 cm³/mol. The van der Waals surface area contributed by atoms with Gasteiger partial charge in [0.15, 0.2) is 6.20 Å². The Kier molecular flexibility index (Phi) is 1.18. The first-order valence-electron chi connectivity index (χ1n) is 4.56. The molecule has 0 fully saturated rings. The SMILES string of the molecule is CC1c2ccccc2-n2ccc[n+]21. The molecule has 2 heteroatoms. The summed E-state index contributed by atoms with van der Waals surface area (Å²) in [6, 6.07) is 11.1. The zero-order valence-corrected chi connectivity index (χ0v) is 7.51. The smallest absolute Gasteiger partial charge is 0.127 e. The van der Waals surface area contributed by atoms with Crippen molar-refractivity contribution in [3.05, 3.63) is 48.3 Å². The van der Waals surface area contributed by atoms with Crippen molar-refractivity contribution >= 4 is 0 Å². The molecule has 3 rings (SSSR count). The maximum atomic E-state index is 2.24. The van der Waals surface area contributed by atoms with Crippen LogP contribution in [0.4, 0.5) is 0 Å². The number of nitrogens with zero attached hydrogens (tertiary/aromatic N) is 2. The summed E-state index contributed by atoms with van der Waals surface area (Å²) < 4.78 is 4.44. The largest absolute Gasteiger partial charge is 0.206 e. The molecule has 0 saturated carbocycles. The van der Waals surface area contributed by atoms with Gasteiger partial charge in [0.1, 0.15) is 5.69 Å². The van der Waals surface area contributed by atoms with Crippen LogP contribution in [-0.4, -0.2) is 4.68 Å². The van der Waals surface area contributed by atoms with Gasteiger partial charge in [-0.3, -0.25) is 0 Å². The van der Waals surface area contributed by atoms with Gasteiger partial charge in [0.25, 0.3) is 0 Å². The van der Waals surface area contributed by atoms with E-state index in [1.165, 1.54) is 11.3 Å². The minimum atomic E-state index is 0.464. The van der Waals surface area contributed by atoms with Crippen LogP contribution in [0.1, 0.15) is 18.5 Å². The van der Waals surface area contributed by atoms with E-state index in [9.17, 15) is 0 Å². The van der Waals surface area contributed by atoms with Gasteiger partial charge >= 0.3 is 0 Å². The molecule has 0 spiro atoms. The van der Waals surface area contributed by atoms with E-state index in [4.69, 9.17) is 0 Å². The third-order valence-corrected chi connectivity index (χ3v) is 2.75. The van der Waals surface area contributed by atoms with Crippen molar-refractivity contribution in [1.29, 1.82) is 0 Å². The van der Waals surface area contributed by atoms with E-state index in [1.54, 1.807) is 0 Å². The monoisotopic (exact) mass is 171 g/mol. The van der Waals surface area contributed by atoms with Crippen LogP contribution in [0.15, 0.2) is 42.7 Å². The third-order valence-electron chi connectivity index (χ3n) is 2.75. The third kappa shape index (κ3) is 0.750. The second-order valence-electron chi connectivity index (χ2n) is 3.45. The fourth-order valence-corrected chi connectivity index (χ4v) is 2.07. The van der Waals surface area contributed by atoms with E-state index in [1.807, 2.05) is 0 Å². The summed E-state index contributed by atoms with van der Waals surface area (Å²) in [6.07, 6.45) is 4.22. The topological polar surface area (TPSA) is 8.81 Å². The standard InChI is InChI=1S/C11H11N2/c1-9-10-5-2-3-6-11(10)13-8-4-7-12(9)13/h2-9H,1H3/q+1. The van der Waals surface area contributed by atoms with Crippen molar-refractivity contribution in [3.63, 3.8) is 0 Å². The second kappa shape index (κ2) is 2.22. The van der Waals surface area contributed by atoms with Crippen LogP contribution in [0.5, 0.6) is 0 Å². The minimum Gasteiger partial charge on any atom is -0.127 e. The molecule has 64 valence electrons. The molecule has 2 nitrogen and oxygen atoms in total. The van der Waals surface area contributed by atoms with Crippen molar-refractivity contribution in [2.45, 2.75) is 13.0 Å². The zero-order chi connectivity index (χ0) is 8.84. The summed E-state index contributed by atoms with van der Waals surface area (Å²) in [5, 5.41) is 0. The predicted octanol–water partition coefficient (Wildman–Crippen LogP) is 1.69. The lowest BCUT2D eigenvalue weighted by molar-refractivity contribution is -0.770. The maximum Gasteiger partial charge on any atom is 0.206 e. The molecule has 1 aromatic carbocycles. The lowest BCUT2D eigenvalue weighted by atomic mass is 10.1. The minimum absolute atomic E-state index is 0.464. The molecular weight excluding hydrogens is 160 g/mol.